The molecule has 1 aromatic carbocycles. The van der Waals surface area contributed by atoms with E-state index in [1.54, 1.807) is 0 Å². The van der Waals surface area contributed by atoms with Gasteiger partial charge in [-0.15, -0.1) is 0 Å². The van der Waals surface area contributed by atoms with Gasteiger partial charge in [-0.3, -0.25) is 9.11 Å². The minimum atomic E-state index is -4.67. The minimum Gasteiger partial charge on any atom is -0.503 e. The topological polar surface area (TPSA) is 128 Å². The van der Waals surface area contributed by atoms with Crippen LogP contribution in [0.1, 0.15) is 17.5 Å². The quantitative estimate of drug-likeness (QED) is 0.336. The third-order valence-electron chi connectivity index (χ3n) is 6.22. The fraction of sp³-hybridized carbons (Fsp3) is 0.529. The summed E-state index contributed by atoms with van der Waals surface area (Å²) in [5, 5.41) is 20.9. The van der Waals surface area contributed by atoms with Crippen LogP contribution in [0, 0.1) is 5.92 Å². The molecule has 0 amide bonds. The molecule has 148 valence electrons. The molecule has 1 aromatic rings. The number of rotatable bonds is 0. The molecule has 10 heteroatoms. The average Bonchev–Trinajstić information content (AvgIpc) is 2.90. The van der Waals surface area contributed by atoms with E-state index in [2.05, 4.69) is 34.0 Å². The summed E-state index contributed by atoms with van der Waals surface area (Å²) in [5.41, 5.74) is 2.21. The molecule has 2 aliphatic carbocycles. The average molecular weight is 462 g/mol. The molecular formula is C17H20BrNO7S. The number of nitrogens with zero attached hydrogens (tertiary/aromatic N) is 1. The number of hydrogen-bond acceptors (Lipinski definition) is 6. The standard InChI is InChI=1S/C17H18BrNO3.H2O4S/c1-19-5-4-17-9-2-3-12(20)16(17)22-15-13(17)8(7-11(9)19)6-10(18)14(15)21;1-5(2,3)4/h2-3,6,9,11-12,16,20-21H,4-5,7H2,1H3;(H2,1,2,3,4)/t9-,11+,12-,16-,17-;/m0./s1. The third kappa shape index (κ3) is 2.81. The number of hydrogen-bond donors (Lipinski definition) is 4. The Labute approximate surface area is 165 Å². The van der Waals surface area contributed by atoms with Crippen LogP contribution in [0.5, 0.6) is 11.5 Å². The van der Waals surface area contributed by atoms with E-state index in [0.29, 0.717) is 22.2 Å². The van der Waals surface area contributed by atoms with Crippen molar-refractivity contribution in [2.45, 2.75) is 36.5 Å². The van der Waals surface area contributed by atoms with Crippen molar-refractivity contribution < 1.29 is 32.5 Å². The van der Waals surface area contributed by atoms with Crippen molar-refractivity contribution in [3.8, 4) is 11.5 Å². The van der Waals surface area contributed by atoms with Crippen LogP contribution >= 0.6 is 15.9 Å². The SMILES string of the molecule is CN1CC[C@]23c4c5cc(Br)c(O)c4O[C@H]2[C@@H](O)C=C[C@H]3[C@H]1C5.O=S(=O)(O)O. The third-order valence-corrected chi connectivity index (χ3v) is 6.82. The summed E-state index contributed by atoms with van der Waals surface area (Å²) in [6.07, 6.45) is 5.08. The monoisotopic (exact) mass is 461 g/mol. The van der Waals surface area contributed by atoms with E-state index >= 15 is 0 Å². The smallest absolute Gasteiger partial charge is 0.394 e. The molecule has 1 saturated heterocycles. The first-order valence-electron chi connectivity index (χ1n) is 8.52. The van der Waals surface area contributed by atoms with Crippen LogP contribution in [0.15, 0.2) is 22.7 Å². The predicted octanol–water partition coefficient (Wildman–Crippen LogP) is 1.31. The second-order valence-electron chi connectivity index (χ2n) is 7.50. The molecule has 5 atom stereocenters. The molecule has 2 aliphatic heterocycles. The molecule has 5 rings (SSSR count). The van der Waals surface area contributed by atoms with Gasteiger partial charge in [0.05, 0.1) is 4.47 Å². The summed E-state index contributed by atoms with van der Waals surface area (Å²) in [7, 11) is -2.48. The predicted molar refractivity (Wildman–Crippen MR) is 99.5 cm³/mol. The minimum absolute atomic E-state index is 0.172. The number of likely N-dealkylation sites (N-methyl/N-ethyl adjacent to an activating group) is 1. The molecule has 2 heterocycles. The molecule has 0 aromatic heterocycles. The molecule has 8 nitrogen and oxygen atoms in total. The lowest BCUT2D eigenvalue weighted by molar-refractivity contribution is -0.0453. The second-order valence-corrected chi connectivity index (χ2v) is 9.25. The van der Waals surface area contributed by atoms with Crippen molar-refractivity contribution in [3.63, 3.8) is 0 Å². The lowest BCUT2D eigenvalue weighted by atomic mass is 9.53. The Hall–Kier alpha value is -1.17. The van der Waals surface area contributed by atoms with Gasteiger partial charge in [-0.05, 0) is 54.0 Å². The van der Waals surface area contributed by atoms with Gasteiger partial charge in [0.25, 0.3) is 0 Å². The van der Waals surface area contributed by atoms with Gasteiger partial charge in [-0.2, -0.15) is 8.42 Å². The zero-order chi connectivity index (χ0) is 19.7. The zero-order valence-corrected chi connectivity index (χ0v) is 16.8. The maximum Gasteiger partial charge on any atom is 0.394 e. The molecule has 0 radical (unpaired) electrons. The van der Waals surface area contributed by atoms with Crippen LogP contribution < -0.4 is 4.74 Å². The van der Waals surface area contributed by atoms with E-state index in [1.165, 1.54) is 5.56 Å². The Morgan fingerprint density at radius 1 is 1.33 bits per heavy atom. The van der Waals surface area contributed by atoms with Crippen LogP contribution in [-0.4, -0.2) is 64.5 Å². The van der Waals surface area contributed by atoms with Crippen molar-refractivity contribution >= 4 is 26.3 Å². The van der Waals surface area contributed by atoms with E-state index in [-0.39, 0.29) is 17.3 Å². The summed E-state index contributed by atoms with van der Waals surface area (Å²) in [5.74, 6) is 1.10. The summed E-state index contributed by atoms with van der Waals surface area (Å²) in [6.45, 7) is 0.997. The second kappa shape index (κ2) is 6.16. The number of halogens is 1. The van der Waals surface area contributed by atoms with Crippen LogP contribution in [0.4, 0.5) is 0 Å². The molecule has 4 aliphatic rings. The summed E-state index contributed by atoms with van der Waals surface area (Å²) < 4.78 is 38.4. The Bertz CT molecular complexity index is 926. The maximum absolute atomic E-state index is 10.5. The largest absolute Gasteiger partial charge is 0.503 e. The van der Waals surface area contributed by atoms with Crippen LogP contribution in [0.3, 0.4) is 0 Å². The number of aliphatic hydroxyl groups is 1. The van der Waals surface area contributed by atoms with Crippen LogP contribution in [0.2, 0.25) is 0 Å². The lowest BCUT2D eigenvalue weighted by Gasteiger charge is -2.56. The number of phenols is 1. The molecule has 1 fully saturated rings. The van der Waals surface area contributed by atoms with E-state index in [0.717, 1.165) is 24.9 Å². The number of aliphatic hydroxyl groups excluding tert-OH is 1. The van der Waals surface area contributed by atoms with Gasteiger partial charge in [-0.1, -0.05) is 12.2 Å². The first kappa shape index (κ1) is 19.2. The van der Waals surface area contributed by atoms with Gasteiger partial charge >= 0.3 is 10.4 Å². The number of piperidine rings is 1. The first-order valence-corrected chi connectivity index (χ1v) is 10.7. The van der Waals surface area contributed by atoms with Gasteiger partial charge in [0.15, 0.2) is 11.5 Å². The number of aromatic hydroxyl groups is 1. The number of phenolic OH excluding ortho intramolecular Hbond substituents is 1. The number of likely N-dealkylation sites (tertiary alicyclic amines) is 1. The fourth-order valence-corrected chi connectivity index (χ4v) is 5.73. The molecule has 27 heavy (non-hydrogen) atoms. The normalized spacial score (nSPS) is 35.7. The van der Waals surface area contributed by atoms with Gasteiger partial charge in [-0.25, -0.2) is 0 Å². The highest BCUT2D eigenvalue weighted by atomic mass is 79.9. The Balaban J connectivity index is 0.000000323. The number of benzene rings is 1. The maximum atomic E-state index is 10.5. The molecule has 2 bridgehead atoms. The van der Waals surface area contributed by atoms with Crippen molar-refractivity contribution in [1.82, 2.24) is 4.90 Å². The van der Waals surface area contributed by atoms with Crippen molar-refractivity contribution in [3.05, 3.63) is 33.8 Å². The van der Waals surface area contributed by atoms with Crippen molar-refractivity contribution in [2.75, 3.05) is 13.6 Å². The molecule has 0 saturated carbocycles. The highest BCUT2D eigenvalue weighted by Crippen LogP contribution is 2.63. The van der Waals surface area contributed by atoms with Crippen LogP contribution in [0.25, 0.3) is 0 Å². The summed E-state index contributed by atoms with van der Waals surface area (Å²) in [4.78, 5) is 2.43. The Morgan fingerprint density at radius 3 is 2.67 bits per heavy atom. The Kier molecular flexibility index (Phi) is 4.37. The lowest BCUT2D eigenvalue weighted by Crippen LogP contribution is -2.64. The molecule has 0 unspecified atom stereocenters. The van der Waals surface area contributed by atoms with E-state index < -0.39 is 16.5 Å². The van der Waals surface area contributed by atoms with E-state index in [9.17, 15) is 10.2 Å². The summed E-state index contributed by atoms with van der Waals surface area (Å²) in [6, 6.07) is 2.47. The van der Waals surface area contributed by atoms with Gasteiger partial charge < -0.3 is 19.8 Å². The van der Waals surface area contributed by atoms with E-state index in [1.807, 2.05) is 12.1 Å². The summed E-state index contributed by atoms with van der Waals surface area (Å²) >= 11 is 3.44. The first-order chi connectivity index (χ1) is 12.5. The highest BCUT2D eigenvalue weighted by molar-refractivity contribution is 9.10. The zero-order valence-electron chi connectivity index (χ0n) is 14.4. The van der Waals surface area contributed by atoms with Crippen molar-refractivity contribution in [2.24, 2.45) is 5.92 Å². The molecular weight excluding hydrogens is 442 g/mol. The van der Waals surface area contributed by atoms with Crippen LogP contribution in [-0.2, 0) is 22.2 Å². The van der Waals surface area contributed by atoms with E-state index in [4.69, 9.17) is 22.3 Å². The Morgan fingerprint density at radius 2 is 2.00 bits per heavy atom. The van der Waals surface area contributed by atoms with Crippen molar-refractivity contribution in [1.29, 1.82) is 0 Å². The number of ether oxygens (including phenoxy) is 1. The van der Waals surface area contributed by atoms with Gasteiger partial charge in [0, 0.05) is 22.9 Å². The van der Waals surface area contributed by atoms with Gasteiger partial charge in [0.1, 0.15) is 12.2 Å². The van der Waals surface area contributed by atoms with Gasteiger partial charge in [0.2, 0.25) is 0 Å². The highest BCUT2D eigenvalue weighted by Gasteiger charge is 2.64. The molecule has 4 N–H and O–H groups in total. The molecule has 1 spiro atoms. The fourth-order valence-electron chi connectivity index (χ4n) is 5.28.